The van der Waals surface area contributed by atoms with E-state index in [-0.39, 0.29) is 17.3 Å². The Morgan fingerprint density at radius 3 is 2.37 bits per heavy atom. The highest BCUT2D eigenvalue weighted by atomic mass is 32.2. The summed E-state index contributed by atoms with van der Waals surface area (Å²) >= 11 is 0. The van der Waals surface area contributed by atoms with Crippen LogP contribution in [0.5, 0.6) is 0 Å². The Balaban J connectivity index is 2.05. The largest absolute Gasteiger partial charge is 0.376 e. The van der Waals surface area contributed by atoms with Crippen LogP contribution >= 0.6 is 0 Å². The van der Waals surface area contributed by atoms with Crippen molar-refractivity contribution in [1.82, 2.24) is 4.31 Å². The van der Waals surface area contributed by atoms with Gasteiger partial charge in [-0.2, -0.15) is 4.31 Å². The molecule has 2 N–H and O–H groups in total. The van der Waals surface area contributed by atoms with Crippen LogP contribution in [0.4, 0.5) is 11.4 Å². The predicted octanol–water partition coefficient (Wildman–Crippen LogP) is 3.38. The Morgan fingerprint density at radius 1 is 1.04 bits per heavy atom. The number of anilines is 2. The van der Waals surface area contributed by atoms with E-state index in [2.05, 4.69) is 10.6 Å². The van der Waals surface area contributed by atoms with Gasteiger partial charge in [-0.1, -0.05) is 37.6 Å². The molecular formula is C20H27N3O3S. The molecule has 0 radical (unpaired) electrons. The molecule has 0 fully saturated rings. The third kappa shape index (κ3) is 5.30. The predicted molar refractivity (Wildman–Crippen MR) is 110 cm³/mol. The van der Waals surface area contributed by atoms with Crippen molar-refractivity contribution < 1.29 is 13.2 Å². The number of nitrogens with zero attached hydrogens (tertiary/aromatic N) is 1. The molecule has 0 aliphatic rings. The van der Waals surface area contributed by atoms with Gasteiger partial charge in [0.2, 0.25) is 15.9 Å². The van der Waals surface area contributed by atoms with Crippen molar-refractivity contribution >= 4 is 27.3 Å². The molecule has 27 heavy (non-hydrogen) atoms. The zero-order valence-electron chi connectivity index (χ0n) is 16.2. The number of aryl methyl sites for hydroxylation is 2. The van der Waals surface area contributed by atoms with Crippen LogP contribution in [0.15, 0.2) is 47.4 Å². The monoisotopic (exact) mass is 389 g/mol. The van der Waals surface area contributed by atoms with E-state index in [0.29, 0.717) is 18.8 Å². The smallest absolute Gasteiger partial charge is 0.243 e. The van der Waals surface area contributed by atoms with Crippen LogP contribution in [0.2, 0.25) is 0 Å². The number of amides is 1. The molecule has 6 nitrogen and oxygen atoms in total. The van der Waals surface area contributed by atoms with E-state index in [0.717, 1.165) is 16.8 Å². The molecule has 0 atom stereocenters. The van der Waals surface area contributed by atoms with E-state index in [1.165, 1.54) is 4.31 Å². The highest BCUT2D eigenvalue weighted by Gasteiger charge is 2.21. The summed E-state index contributed by atoms with van der Waals surface area (Å²) in [6.07, 6.45) is 0. The molecule has 2 rings (SSSR count). The van der Waals surface area contributed by atoms with Gasteiger partial charge in [-0.25, -0.2) is 8.42 Å². The molecule has 0 saturated carbocycles. The maximum absolute atomic E-state index is 12.6. The summed E-state index contributed by atoms with van der Waals surface area (Å²) < 4.78 is 26.6. The fourth-order valence-electron chi connectivity index (χ4n) is 2.81. The number of rotatable bonds is 8. The van der Waals surface area contributed by atoms with E-state index in [1.54, 1.807) is 38.1 Å². The molecule has 1 amide bonds. The standard InChI is InChI=1S/C20H27N3O3S/c1-5-23(6-2)27(25,26)18-9-7-8-17(13-18)21-14-20(24)22-19-11-10-15(3)12-16(19)4/h7-13,21H,5-6,14H2,1-4H3,(H,22,24). The summed E-state index contributed by atoms with van der Waals surface area (Å²) in [5.74, 6) is -0.195. The highest BCUT2D eigenvalue weighted by Crippen LogP contribution is 2.20. The van der Waals surface area contributed by atoms with E-state index < -0.39 is 10.0 Å². The minimum absolute atomic E-state index is 0.0437. The van der Waals surface area contributed by atoms with Gasteiger partial charge in [-0.3, -0.25) is 4.79 Å². The van der Waals surface area contributed by atoms with Gasteiger partial charge in [0.05, 0.1) is 11.4 Å². The molecule has 2 aromatic rings. The van der Waals surface area contributed by atoms with Crippen LogP contribution in [0.1, 0.15) is 25.0 Å². The lowest BCUT2D eigenvalue weighted by molar-refractivity contribution is -0.114. The topological polar surface area (TPSA) is 78.5 Å². The molecule has 0 aliphatic heterocycles. The van der Waals surface area contributed by atoms with Gasteiger partial charge < -0.3 is 10.6 Å². The van der Waals surface area contributed by atoms with E-state index in [9.17, 15) is 13.2 Å². The van der Waals surface area contributed by atoms with Crippen LogP contribution < -0.4 is 10.6 Å². The van der Waals surface area contributed by atoms with Crippen molar-refractivity contribution in [2.75, 3.05) is 30.3 Å². The number of hydrogen-bond acceptors (Lipinski definition) is 4. The first-order valence-corrected chi connectivity index (χ1v) is 10.4. The Labute approximate surface area is 161 Å². The number of carbonyl (C=O) groups is 1. The summed E-state index contributed by atoms with van der Waals surface area (Å²) in [7, 11) is -3.53. The maximum atomic E-state index is 12.6. The molecule has 0 aromatic heterocycles. The quantitative estimate of drug-likeness (QED) is 0.725. The normalized spacial score (nSPS) is 11.4. The number of nitrogens with one attached hydrogen (secondary N) is 2. The van der Waals surface area contributed by atoms with Gasteiger partial charge in [0, 0.05) is 24.5 Å². The number of hydrogen-bond donors (Lipinski definition) is 2. The van der Waals surface area contributed by atoms with Gasteiger partial charge in [-0.15, -0.1) is 0 Å². The molecular weight excluding hydrogens is 362 g/mol. The van der Waals surface area contributed by atoms with E-state index in [4.69, 9.17) is 0 Å². The fraction of sp³-hybridized carbons (Fsp3) is 0.350. The molecule has 146 valence electrons. The minimum Gasteiger partial charge on any atom is -0.376 e. The van der Waals surface area contributed by atoms with E-state index in [1.807, 2.05) is 32.0 Å². The first-order valence-electron chi connectivity index (χ1n) is 8.99. The summed E-state index contributed by atoms with van der Waals surface area (Å²) in [4.78, 5) is 12.4. The summed E-state index contributed by atoms with van der Waals surface area (Å²) in [5.41, 5.74) is 3.48. The average Bonchev–Trinajstić information content (AvgIpc) is 2.63. The molecule has 0 heterocycles. The molecule has 0 saturated heterocycles. The Kier molecular flexibility index (Phi) is 6.98. The fourth-order valence-corrected chi connectivity index (χ4v) is 4.31. The van der Waals surface area contributed by atoms with Gasteiger partial charge in [0.1, 0.15) is 0 Å². The minimum atomic E-state index is -3.53. The third-order valence-corrected chi connectivity index (χ3v) is 6.33. The van der Waals surface area contributed by atoms with Crippen LogP contribution in [0, 0.1) is 13.8 Å². The number of carbonyl (C=O) groups excluding carboxylic acids is 1. The zero-order valence-corrected chi connectivity index (χ0v) is 17.1. The second-order valence-corrected chi connectivity index (χ2v) is 8.28. The molecule has 2 aromatic carbocycles. The summed E-state index contributed by atoms with van der Waals surface area (Å²) in [6.45, 7) is 8.42. The van der Waals surface area contributed by atoms with Crippen molar-refractivity contribution in [1.29, 1.82) is 0 Å². The first-order chi connectivity index (χ1) is 12.8. The average molecular weight is 390 g/mol. The zero-order chi connectivity index (χ0) is 20.0. The van der Waals surface area contributed by atoms with Crippen LogP contribution in [-0.2, 0) is 14.8 Å². The SMILES string of the molecule is CCN(CC)S(=O)(=O)c1cccc(NCC(=O)Nc2ccc(C)cc2C)c1. The molecule has 0 aliphatic carbocycles. The molecule has 0 unspecified atom stereocenters. The van der Waals surface area contributed by atoms with Gasteiger partial charge in [0.25, 0.3) is 0 Å². The second kappa shape index (κ2) is 9.01. The number of sulfonamides is 1. The van der Waals surface area contributed by atoms with Crippen molar-refractivity contribution in [2.24, 2.45) is 0 Å². The number of benzene rings is 2. The van der Waals surface area contributed by atoms with Crippen molar-refractivity contribution in [3.63, 3.8) is 0 Å². The maximum Gasteiger partial charge on any atom is 0.243 e. The van der Waals surface area contributed by atoms with Crippen molar-refractivity contribution in [3.8, 4) is 0 Å². The van der Waals surface area contributed by atoms with Crippen LogP contribution in [0.3, 0.4) is 0 Å². The Hall–Kier alpha value is -2.38. The van der Waals surface area contributed by atoms with Crippen molar-refractivity contribution in [3.05, 3.63) is 53.6 Å². The lowest BCUT2D eigenvalue weighted by Gasteiger charge is -2.19. The lowest BCUT2D eigenvalue weighted by Crippen LogP contribution is -2.30. The summed E-state index contributed by atoms with van der Waals surface area (Å²) in [6, 6.07) is 12.3. The van der Waals surface area contributed by atoms with E-state index >= 15 is 0 Å². The molecule has 0 spiro atoms. The Bertz CT molecular complexity index is 906. The van der Waals surface area contributed by atoms with Crippen LogP contribution in [-0.4, -0.2) is 38.3 Å². The highest BCUT2D eigenvalue weighted by molar-refractivity contribution is 7.89. The first kappa shape index (κ1) is 20.9. The molecule has 0 bridgehead atoms. The Morgan fingerprint density at radius 2 is 1.74 bits per heavy atom. The third-order valence-electron chi connectivity index (χ3n) is 4.29. The second-order valence-electron chi connectivity index (χ2n) is 6.34. The van der Waals surface area contributed by atoms with Crippen LogP contribution in [0.25, 0.3) is 0 Å². The van der Waals surface area contributed by atoms with Gasteiger partial charge in [-0.05, 0) is 43.7 Å². The summed E-state index contributed by atoms with van der Waals surface area (Å²) in [5, 5.41) is 5.85. The lowest BCUT2D eigenvalue weighted by atomic mass is 10.1. The van der Waals surface area contributed by atoms with Gasteiger partial charge >= 0.3 is 0 Å². The molecule has 7 heteroatoms. The van der Waals surface area contributed by atoms with Gasteiger partial charge in [0.15, 0.2) is 0 Å². The van der Waals surface area contributed by atoms with Crippen molar-refractivity contribution in [2.45, 2.75) is 32.6 Å².